The summed E-state index contributed by atoms with van der Waals surface area (Å²) >= 11 is 0. The third kappa shape index (κ3) is 1.86. The number of benzene rings is 1. The molecular weight excluding hydrogens is 250 g/mol. The molecular formula is C12H15N3O2S. The average molecular weight is 265 g/mol. The highest BCUT2D eigenvalue weighted by Gasteiger charge is 2.31. The molecule has 0 aliphatic heterocycles. The normalized spacial score (nSPS) is 16.7. The van der Waals surface area contributed by atoms with Crippen LogP contribution in [0.3, 0.4) is 0 Å². The maximum absolute atomic E-state index is 12.0. The van der Waals surface area contributed by atoms with Gasteiger partial charge in [-0.15, -0.1) is 0 Å². The van der Waals surface area contributed by atoms with Crippen molar-refractivity contribution in [1.29, 1.82) is 0 Å². The van der Waals surface area contributed by atoms with Crippen molar-refractivity contribution < 1.29 is 8.42 Å². The molecule has 3 rings (SSSR count). The van der Waals surface area contributed by atoms with E-state index in [9.17, 15) is 8.42 Å². The maximum atomic E-state index is 12.0. The van der Waals surface area contributed by atoms with Gasteiger partial charge in [0.05, 0.1) is 22.7 Å². The highest BCUT2D eigenvalue weighted by molar-refractivity contribution is 7.93. The Hall–Kier alpha value is -1.56. The molecule has 0 unspecified atom stereocenters. The fourth-order valence-corrected chi connectivity index (χ4v) is 3.71. The SMILES string of the molecule is Cn1ncc2ccc(NS(=O)(=O)C3CCC3)cc21. The summed E-state index contributed by atoms with van der Waals surface area (Å²) in [6, 6.07) is 5.47. The molecule has 5 nitrogen and oxygen atoms in total. The van der Waals surface area contributed by atoms with Gasteiger partial charge in [0.15, 0.2) is 0 Å². The number of nitrogens with one attached hydrogen (secondary N) is 1. The van der Waals surface area contributed by atoms with E-state index in [1.54, 1.807) is 16.9 Å². The molecule has 0 bridgehead atoms. The highest BCUT2D eigenvalue weighted by Crippen LogP contribution is 2.28. The van der Waals surface area contributed by atoms with Crippen LogP contribution >= 0.6 is 0 Å². The van der Waals surface area contributed by atoms with Crippen LogP contribution in [0.25, 0.3) is 10.9 Å². The first kappa shape index (κ1) is 11.5. The van der Waals surface area contributed by atoms with E-state index in [-0.39, 0.29) is 5.25 Å². The number of hydrogen-bond acceptors (Lipinski definition) is 3. The van der Waals surface area contributed by atoms with Gasteiger partial charge in [0.1, 0.15) is 0 Å². The Bertz CT molecular complexity index is 686. The molecule has 1 aromatic carbocycles. The van der Waals surface area contributed by atoms with Gasteiger partial charge in [0, 0.05) is 12.4 Å². The summed E-state index contributed by atoms with van der Waals surface area (Å²) < 4.78 is 28.4. The Kier molecular flexibility index (Phi) is 2.55. The van der Waals surface area contributed by atoms with Crippen LogP contribution in [-0.4, -0.2) is 23.4 Å². The van der Waals surface area contributed by atoms with Gasteiger partial charge in [-0.25, -0.2) is 8.42 Å². The molecule has 2 aromatic rings. The standard InChI is InChI=1S/C12H15N3O2S/c1-15-12-7-10(6-5-9(12)8-13-15)14-18(16,17)11-3-2-4-11/h5-8,11,14H,2-4H2,1H3. The van der Waals surface area contributed by atoms with Crippen LogP contribution in [0.1, 0.15) is 19.3 Å². The van der Waals surface area contributed by atoms with Crippen molar-refractivity contribution in [2.45, 2.75) is 24.5 Å². The number of aromatic nitrogens is 2. The Labute approximate surface area is 106 Å². The minimum Gasteiger partial charge on any atom is -0.283 e. The molecule has 96 valence electrons. The molecule has 0 amide bonds. The number of hydrogen-bond donors (Lipinski definition) is 1. The molecule has 1 aliphatic rings. The van der Waals surface area contributed by atoms with Crippen LogP contribution in [0, 0.1) is 0 Å². The van der Waals surface area contributed by atoms with Crippen molar-refractivity contribution in [3.8, 4) is 0 Å². The van der Waals surface area contributed by atoms with Crippen LogP contribution in [0.15, 0.2) is 24.4 Å². The minimum atomic E-state index is -3.22. The summed E-state index contributed by atoms with van der Waals surface area (Å²) in [5, 5.41) is 4.92. The fourth-order valence-electron chi connectivity index (χ4n) is 2.14. The van der Waals surface area contributed by atoms with Gasteiger partial charge in [-0.2, -0.15) is 5.10 Å². The molecule has 1 heterocycles. The van der Waals surface area contributed by atoms with Crippen molar-refractivity contribution in [3.63, 3.8) is 0 Å². The smallest absolute Gasteiger partial charge is 0.235 e. The first-order valence-corrected chi connectivity index (χ1v) is 7.54. The number of aryl methyl sites for hydroxylation is 1. The van der Waals surface area contributed by atoms with E-state index in [0.29, 0.717) is 5.69 Å². The Balaban J connectivity index is 1.92. The minimum absolute atomic E-state index is 0.222. The Morgan fingerprint density at radius 2 is 2.17 bits per heavy atom. The van der Waals surface area contributed by atoms with Gasteiger partial charge in [0.2, 0.25) is 10.0 Å². The van der Waals surface area contributed by atoms with Gasteiger partial charge in [-0.3, -0.25) is 9.40 Å². The second kappa shape index (κ2) is 3.98. The van der Waals surface area contributed by atoms with Crippen LogP contribution < -0.4 is 4.72 Å². The zero-order valence-electron chi connectivity index (χ0n) is 10.1. The predicted octanol–water partition coefficient (Wildman–Crippen LogP) is 1.87. The van der Waals surface area contributed by atoms with Gasteiger partial charge < -0.3 is 0 Å². The number of sulfonamides is 1. The quantitative estimate of drug-likeness (QED) is 0.921. The second-order valence-corrected chi connectivity index (χ2v) is 6.70. The third-order valence-electron chi connectivity index (χ3n) is 3.50. The van der Waals surface area contributed by atoms with Crippen molar-refractivity contribution in [2.75, 3.05) is 4.72 Å². The van der Waals surface area contributed by atoms with Crippen LogP contribution in [0.4, 0.5) is 5.69 Å². The van der Waals surface area contributed by atoms with E-state index in [0.717, 1.165) is 30.2 Å². The van der Waals surface area contributed by atoms with E-state index < -0.39 is 10.0 Å². The van der Waals surface area contributed by atoms with Crippen LogP contribution in [-0.2, 0) is 17.1 Å². The lowest BCUT2D eigenvalue weighted by atomic mass is 10.0. The summed E-state index contributed by atoms with van der Waals surface area (Å²) in [6.45, 7) is 0. The molecule has 1 saturated carbocycles. The zero-order valence-corrected chi connectivity index (χ0v) is 10.9. The largest absolute Gasteiger partial charge is 0.283 e. The number of fused-ring (bicyclic) bond motifs is 1. The van der Waals surface area contributed by atoms with Gasteiger partial charge >= 0.3 is 0 Å². The van der Waals surface area contributed by atoms with Crippen molar-refractivity contribution in [2.24, 2.45) is 7.05 Å². The fraction of sp³-hybridized carbons (Fsp3) is 0.417. The molecule has 0 radical (unpaired) electrons. The van der Waals surface area contributed by atoms with Crippen LogP contribution in [0.2, 0.25) is 0 Å². The molecule has 18 heavy (non-hydrogen) atoms. The predicted molar refractivity (Wildman–Crippen MR) is 70.9 cm³/mol. The topological polar surface area (TPSA) is 64.0 Å². The third-order valence-corrected chi connectivity index (χ3v) is 5.37. The second-order valence-electron chi connectivity index (χ2n) is 4.74. The Morgan fingerprint density at radius 1 is 1.39 bits per heavy atom. The molecule has 0 spiro atoms. The van der Waals surface area contributed by atoms with Crippen molar-refractivity contribution in [3.05, 3.63) is 24.4 Å². The summed E-state index contributed by atoms with van der Waals surface area (Å²) in [5.41, 5.74) is 1.53. The van der Waals surface area contributed by atoms with E-state index in [2.05, 4.69) is 9.82 Å². The summed E-state index contributed by atoms with van der Waals surface area (Å²) in [5.74, 6) is 0. The van der Waals surface area contributed by atoms with E-state index >= 15 is 0 Å². The molecule has 1 aromatic heterocycles. The van der Waals surface area contributed by atoms with Crippen molar-refractivity contribution in [1.82, 2.24) is 9.78 Å². The molecule has 1 aliphatic carbocycles. The number of nitrogens with zero attached hydrogens (tertiary/aromatic N) is 2. The Morgan fingerprint density at radius 3 is 2.83 bits per heavy atom. The number of rotatable bonds is 3. The van der Waals surface area contributed by atoms with Gasteiger partial charge in [-0.05, 0) is 31.0 Å². The monoisotopic (exact) mass is 265 g/mol. The van der Waals surface area contributed by atoms with Gasteiger partial charge in [0.25, 0.3) is 0 Å². The lowest BCUT2D eigenvalue weighted by Crippen LogP contribution is -2.33. The van der Waals surface area contributed by atoms with E-state index in [1.165, 1.54) is 0 Å². The molecule has 6 heteroatoms. The first-order chi connectivity index (χ1) is 8.56. The maximum Gasteiger partial charge on any atom is 0.235 e. The summed E-state index contributed by atoms with van der Waals surface area (Å²) in [7, 11) is -1.38. The first-order valence-electron chi connectivity index (χ1n) is 6.00. The average Bonchev–Trinajstić information content (AvgIpc) is 2.56. The number of anilines is 1. The molecule has 0 saturated heterocycles. The van der Waals surface area contributed by atoms with E-state index in [1.807, 2.05) is 19.2 Å². The lowest BCUT2D eigenvalue weighted by Gasteiger charge is -2.25. The lowest BCUT2D eigenvalue weighted by molar-refractivity contribution is 0.480. The van der Waals surface area contributed by atoms with Gasteiger partial charge in [-0.1, -0.05) is 6.42 Å². The highest BCUT2D eigenvalue weighted by atomic mass is 32.2. The molecule has 1 N–H and O–H groups in total. The molecule has 1 fully saturated rings. The summed E-state index contributed by atoms with van der Waals surface area (Å²) in [6.07, 6.45) is 4.30. The summed E-state index contributed by atoms with van der Waals surface area (Å²) in [4.78, 5) is 0. The zero-order chi connectivity index (χ0) is 12.8. The van der Waals surface area contributed by atoms with Crippen LogP contribution in [0.5, 0.6) is 0 Å². The molecule has 0 atom stereocenters. The van der Waals surface area contributed by atoms with Crippen molar-refractivity contribution >= 4 is 26.6 Å². The van der Waals surface area contributed by atoms with E-state index in [4.69, 9.17) is 0 Å².